The zero-order chi connectivity index (χ0) is 15.6. The Hall–Kier alpha value is -1.81. The van der Waals surface area contributed by atoms with E-state index < -0.39 is 10.0 Å². The molecule has 112 valence electrons. The van der Waals surface area contributed by atoms with E-state index in [1.165, 1.54) is 0 Å². The van der Waals surface area contributed by atoms with Crippen molar-refractivity contribution in [3.8, 4) is 0 Å². The Morgan fingerprint density at radius 3 is 2.14 bits per heavy atom. The molecule has 0 bridgehead atoms. The van der Waals surface area contributed by atoms with Crippen molar-refractivity contribution < 1.29 is 8.42 Å². The lowest BCUT2D eigenvalue weighted by Gasteiger charge is -2.17. The van der Waals surface area contributed by atoms with E-state index in [2.05, 4.69) is 18.6 Å². The van der Waals surface area contributed by atoms with Crippen molar-refractivity contribution in [2.75, 3.05) is 4.72 Å². The number of benzene rings is 2. The van der Waals surface area contributed by atoms with Gasteiger partial charge in [-0.3, -0.25) is 4.72 Å². The largest absolute Gasteiger partial charge is 0.279 e. The molecule has 0 aliphatic carbocycles. The van der Waals surface area contributed by atoms with Crippen molar-refractivity contribution in [1.82, 2.24) is 0 Å². The maximum Gasteiger partial charge on any atom is 0.261 e. The molecule has 0 heterocycles. The molecule has 0 saturated heterocycles. The number of para-hydroxylation sites is 1. The summed E-state index contributed by atoms with van der Waals surface area (Å²) in [7, 11) is -3.56. The second kappa shape index (κ2) is 5.90. The molecule has 0 aliphatic rings. The van der Waals surface area contributed by atoms with Crippen LogP contribution >= 0.6 is 0 Å². The molecular weight excluding hydrogens is 282 g/mol. The van der Waals surface area contributed by atoms with Gasteiger partial charge in [0, 0.05) is 0 Å². The van der Waals surface area contributed by atoms with Crippen LogP contribution in [-0.2, 0) is 10.0 Å². The Bertz CT molecular complexity index is 732. The highest BCUT2D eigenvalue weighted by Crippen LogP contribution is 2.29. The van der Waals surface area contributed by atoms with Gasteiger partial charge < -0.3 is 0 Å². The van der Waals surface area contributed by atoms with Crippen LogP contribution in [0.15, 0.2) is 47.4 Å². The third-order valence-corrected chi connectivity index (χ3v) is 4.86. The fraction of sp³-hybridized carbons (Fsp3) is 0.294. The van der Waals surface area contributed by atoms with Gasteiger partial charge in [-0.15, -0.1) is 0 Å². The van der Waals surface area contributed by atoms with E-state index in [0.29, 0.717) is 5.69 Å². The smallest absolute Gasteiger partial charge is 0.261 e. The van der Waals surface area contributed by atoms with Gasteiger partial charge in [-0.1, -0.05) is 49.7 Å². The fourth-order valence-electron chi connectivity index (χ4n) is 2.22. The van der Waals surface area contributed by atoms with Crippen molar-refractivity contribution in [1.29, 1.82) is 0 Å². The minimum atomic E-state index is -3.56. The number of nitrogens with one attached hydrogen (secondary N) is 1. The van der Waals surface area contributed by atoms with Gasteiger partial charge in [0.05, 0.1) is 10.6 Å². The summed E-state index contributed by atoms with van der Waals surface area (Å²) in [6.45, 7) is 7.96. The second-order valence-corrected chi connectivity index (χ2v) is 7.29. The Labute approximate surface area is 127 Å². The predicted octanol–water partition coefficient (Wildman–Crippen LogP) is 4.23. The van der Waals surface area contributed by atoms with E-state index in [0.717, 1.165) is 16.7 Å². The molecule has 2 aromatic rings. The first-order valence-corrected chi connectivity index (χ1v) is 8.48. The number of hydrogen-bond acceptors (Lipinski definition) is 2. The zero-order valence-corrected chi connectivity index (χ0v) is 13.7. The third-order valence-electron chi connectivity index (χ3n) is 3.49. The summed E-state index contributed by atoms with van der Waals surface area (Å²) < 4.78 is 27.8. The Morgan fingerprint density at radius 1 is 0.952 bits per heavy atom. The number of aryl methyl sites for hydroxylation is 2. The second-order valence-electron chi connectivity index (χ2n) is 5.61. The highest BCUT2D eigenvalue weighted by Gasteiger charge is 2.18. The molecule has 0 aromatic heterocycles. The van der Waals surface area contributed by atoms with E-state index in [-0.39, 0.29) is 10.8 Å². The van der Waals surface area contributed by atoms with Crippen LogP contribution in [0.25, 0.3) is 0 Å². The molecule has 2 rings (SSSR count). The summed E-state index contributed by atoms with van der Waals surface area (Å²) in [5.74, 6) is 0.251. The quantitative estimate of drug-likeness (QED) is 0.919. The Morgan fingerprint density at radius 2 is 1.57 bits per heavy atom. The van der Waals surface area contributed by atoms with Crippen LogP contribution in [0, 0.1) is 13.8 Å². The fourth-order valence-corrected chi connectivity index (χ4v) is 3.38. The molecule has 1 N–H and O–H groups in total. The van der Waals surface area contributed by atoms with Crippen molar-refractivity contribution in [3.63, 3.8) is 0 Å². The van der Waals surface area contributed by atoms with Gasteiger partial charge in [-0.2, -0.15) is 0 Å². The first-order chi connectivity index (χ1) is 9.81. The Balaban J connectivity index is 2.44. The molecular formula is C17H21NO2S. The minimum Gasteiger partial charge on any atom is -0.279 e. The molecule has 0 amide bonds. The summed E-state index contributed by atoms with van der Waals surface area (Å²) in [5.41, 5.74) is 3.66. The van der Waals surface area contributed by atoms with Crippen molar-refractivity contribution >= 4 is 15.7 Å². The molecule has 3 nitrogen and oxygen atoms in total. The lowest BCUT2D eigenvalue weighted by atomic mass is 9.99. The van der Waals surface area contributed by atoms with Gasteiger partial charge in [0.25, 0.3) is 10.0 Å². The SMILES string of the molecule is Cc1ccc(S(=O)(=O)Nc2c(C)cccc2C(C)C)cc1. The lowest BCUT2D eigenvalue weighted by Crippen LogP contribution is -2.15. The first kappa shape index (κ1) is 15.6. The van der Waals surface area contributed by atoms with Crippen LogP contribution in [0.3, 0.4) is 0 Å². The number of hydrogen-bond donors (Lipinski definition) is 1. The maximum atomic E-state index is 12.5. The standard InChI is InChI=1S/C17H21NO2S/c1-12(2)16-7-5-6-14(4)17(16)18-21(19,20)15-10-8-13(3)9-11-15/h5-12,18H,1-4H3. The van der Waals surface area contributed by atoms with E-state index in [4.69, 9.17) is 0 Å². The summed E-state index contributed by atoms with van der Waals surface area (Å²) in [6.07, 6.45) is 0. The summed E-state index contributed by atoms with van der Waals surface area (Å²) in [5, 5.41) is 0. The molecule has 0 atom stereocenters. The van der Waals surface area contributed by atoms with Crippen LogP contribution in [0.4, 0.5) is 5.69 Å². The first-order valence-electron chi connectivity index (χ1n) is 7.00. The molecule has 0 fully saturated rings. The topological polar surface area (TPSA) is 46.2 Å². The highest BCUT2D eigenvalue weighted by molar-refractivity contribution is 7.92. The van der Waals surface area contributed by atoms with Gasteiger partial charge in [-0.05, 0) is 43.0 Å². The molecule has 0 radical (unpaired) electrons. The van der Waals surface area contributed by atoms with E-state index in [1.54, 1.807) is 24.3 Å². The zero-order valence-electron chi connectivity index (χ0n) is 12.8. The lowest BCUT2D eigenvalue weighted by molar-refractivity contribution is 0.601. The minimum absolute atomic E-state index is 0.251. The number of rotatable bonds is 4. The third kappa shape index (κ3) is 3.45. The van der Waals surface area contributed by atoms with Crippen LogP contribution in [0.5, 0.6) is 0 Å². The van der Waals surface area contributed by atoms with E-state index in [1.807, 2.05) is 32.0 Å². The summed E-state index contributed by atoms with van der Waals surface area (Å²) >= 11 is 0. The van der Waals surface area contributed by atoms with Crippen molar-refractivity contribution in [2.45, 2.75) is 38.5 Å². The van der Waals surface area contributed by atoms with Crippen LogP contribution in [-0.4, -0.2) is 8.42 Å². The normalized spacial score (nSPS) is 11.7. The molecule has 4 heteroatoms. The maximum absolute atomic E-state index is 12.5. The summed E-state index contributed by atoms with van der Waals surface area (Å²) in [4.78, 5) is 0.283. The highest BCUT2D eigenvalue weighted by atomic mass is 32.2. The molecule has 21 heavy (non-hydrogen) atoms. The van der Waals surface area contributed by atoms with Gasteiger partial charge >= 0.3 is 0 Å². The molecule has 0 aliphatic heterocycles. The number of anilines is 1. The van der Waals surface area contributed by atoms with Crippen LogP contribution in [0.2, 0.25) is 0 Å². The van der Waals surface area contributed by atoms with Crippen LogP contribution < -0.4 is 4.72 Å². The number of sulfonamides is 1. The van der Waals surface area contributed by atoms with Crippen molar-refractivity contribution in [2.24, 2.45) is 0 Å². The molecule has 0 spiro atoms. The van der Waals surface area contributed by atoms with Gasteiger partial charge in [0.1, 0.15) is 0 Å². The van der Waals surface area contributed by atoms with Crippen molar-refractivity contribution in [3.05, 3.63) is 59.2 Å². The van der Waals surface area contributed by atoms with Gasteiger partial charge in [-0.25, -0.2) is 8.42 Å². The van der Waals surface area contributed by atoms with Gasteiger partial charge in [0.15, 0.2) is 0 Å². The van der Waals surface area contributed by atoms with E-state index >= 15 is 0 Å². The average molecular weight is 303 g/mol. The Kier molecular flexibility index (Phi) is 4.37. The average Bonchev–Trinajstić information content (AvgIpc) is 2.41. The predicted molar refractivity (Wildman–Crippen MR) is 87.3 cm³/mol. The molecule has 0 unspecified atom stereocenters. The van der Waals surface area contributed by atoms with E-state index in [9.17, 15) is 8.42 Å². The summed E-state index contributed by atoms with van der Waals surface area (Å²) in [6, 6.07) is 12.7. The monoisotopic (exact) mass is 303 g/mol. The van der Waals surface area contributed by atoms with Gasteiger partial charge in [0.2, 0.25) is 0 Å². The molecule has 0 saturated carbocycles. The molecule has 2 aromatic carbocycles. The van der Waals surface area contributed by atoms with Crippen LogP contribution in [0.1, 0.15) is 36.5 Å².